The Kier molecular flexibility index (Phi) is 6.56. The molecule has 2 aromatic rings. The largest absolute Gasteiger partial charge is 0.348 e. The van der Waals surface area contributed by atoms with E-state index in [4.69, 9.17) is 11.6 Å². The number of aromatic nitrogens is 2. The Labute approximate surface area is 185 Å². The monoisotopic (exact) mass is 443 g/mol. The molecule has 2 aliphatic rings. The molecule has 8 nitrogen and oxygen atoms in total. The van der Waals surface area contributed by atoms with Crippen molar-refractivity contribution in [1.29, 1.82) is 0 Å². The molecule has 4 rings (SSSR count). The standard InChI is InChI=1S/C22H26ClN5O3/c23-14-4-3-6-17(12-14)28-11-2-1-5-15(9-10-18(28)29)26-21(30)19-20(25-13-24-19)22(31)27-16-7-8-16/h3-4,6,12-13,15-16H,1-2,5,7-11H2,(H,24,25)(H,26,30)(H,27,31)/t15-/m1/s1. The van der Waals surface area contributed by atoms with E-state index in [0.29, 0.717) is 24.4 Å². The maximum Gasteiger partial charge on any atom is 0.272 e. The zero-order valence-electron chi connectivity index (χ0n) is 17.2. The number of benzene rings is 1. The fraction of sp³-hybridized carbons (Fsp3) is 0.455. The second-order valence-electron chi connectivity index (χ2n) is 8.10. The second kappa shape index (κ2) is 9.51. The summed E-state index contributed by atoms with van der Waals surface area (Å²) >= 11 is 6.09. The van der Waals surface area contributed by atoms with Crippen molar-refractivity contribution in [3.8, 4) is 0 Å². The Bertz CT molecular complexity index is 972. The minimum Gasteiger partial charge on any atom is -0.348 e. The van der Waals surface area contributed by atoms with E-state index in [1.807, 2.05) is 12.1 Å². The number of nitrogens with one attached hydrogen (secondary N) is 3. The van der Waals surface area contributed by atoms with Crippen LogP contribution in [-0.2, 0) is 4.79 Å². The van der Waals surface area contributed by atoms with Gasteiger partial charge < -0.3 is 20.5 Å². The molecule has 1 atom stereocenters. The summed E-state index contributed by atoms with van der Waals surface area (Å²) in [6.45, 7) is 0.617. The van der Waals surface area contributed by atoms with E-state index in [0.717, 1.165) is 37.8 Å². The van der Waals surface area contributed by atoms with Crippen LogP contribution in [0.25, 0.3) is 0 Å². The van der Waals surface area contributed by atoms with E-state index in [1.165, 1.54) is 6.33 Å². The van der Waals surface area contributed by atoms with Gasteiger partial charge in [-0.15, -0.1) is 0 Å². The van der Waals surface area contributed by atoms with Crippen LogP contribution in [0.5, 0.6) is 0 Å². The number of rotatable bonds is 5. The first-order valence-electron chi connectivity index (χ1n) is 10.7. The topological polar surface area (TPSA) is 107 Å². The molecule has 31 heavy (non-hydrogen) atoms. The van der Waals surface area contributed by atoms with E-state index in [-0.39, 0.29) is 41.2 Å². The first kappa shape index (κ1) is 21.4. The number of hydrogen-bond donors (Lipinski definition) is 3. The van der Waals surface area contributed by atoms with Gasteiger partial charge in [-0.1, -0.05) is 17.7 Å². The highest BCUT2D eigenvalue weighted by Gasteiger charge is 2.28. The Morgan fingerprint density at radius 2 is 1.84 bits per heavy atom. The van der Waals surface area contributed by atoms with Crippen molar-refractivity contribution in [3.63, 3.8) is 0 Å². The lowest BCUT2D eigenvalue weighted by molar-refractivity contribution is -0.118. The van der Waals surface area contributed by atoms with Gasteiger partial charge in [0.25, 0.3) is 11.8 Å². The SMILES string of the molecule is O=C(NC1CC1)c1nc[nH]c1C(=O)N[C@@H]1CCCCN(c2cccc(Cl)c2)C(=O)CC1. The Morgan fingerprint density at radius 1 is 1.06 bits per heavy atom. The molecular formula is C22H26ClN5O3. The van der Waals surface area contributed by atoms with Crippen LogP contribution in [0.15, 0.2) is 30.6 Å². The van der Waals surface area contributed by atoms with Crippen LogP contribution in [0, 0.1) is 0 Å². The van der Waals surface area contributed by atoms with Gasteiger partial charge in [-0.2, -0.15) is 0 Å². The Hall–Kier alpha value is -2.87. The molecule has 0 spiro atoms. The van der Waals surface area contributed by atoms with Gasteiger partial charge in [0.05, 0.1) is 6.33 Å². The van der Waals surface area contributed by atoms with Crippen molar-refractivity contribution in [2.75, 3.05) is 11.4 Å². The van der Waals surface area contributed by atoms with Crippen molar-refractivity contribution < 1.29 is 14.4 Å². The average molecular weight is 444 g/mol. The number of carbonyl (C=O) groups excluding carboxylic acids is 3. The molecule has 164 valence electrons. The molecule has 1 aromatic heterocycles. The number of anilines is 1. The summed E-state index contributed by atoms with van der Waals surface area (Å²) in [5.74, 6) is -0.702. The number of carbonyl (C=O) groups is 3. The summed E-state index contributed by atoms with van der Waals surface area (Å²) in [6, 6.07) is 7.33. The van der Waals surface area contributed by atoms with Crippen LogP contribution in [0.1, 0.15) is 65.9 Å². The molecule has 2 fully saturated rings. The molecule has 3 N–H and O–H groups in total. The molecule has 2 heterocycles. The van der Waals surface area contributed by atoms with Crippen molar-refractivity contribution >= 4 is 35.0 Å². The highest BCUT2D eigenvalue weighted by molar-refractivity contribution is 6.30. The maximum atomic E-state index is 12.8. The van der Waals surface area contributed by atoms with Crippen LogP contribution in [0.3, 0.4) is 0 Å². The molecule has 1 aliphatic heterocycles. The lowest BCUT2D eigenvalue weighted by Gasteiger charge is -2.22. The molecule has 9 heteroatoms. The number of nitrogens with zero attached hydrogens (tertiary/aromatic N) is 2. The number of amides is 3. The van der Waals surface area contributed by atoms with Crippen LogP contribution < -0.4 is 15.5 Å². The predicted molar refractivity (Wildman–Crippen MR) is 117 cm³/mol. The van der Waals surface area contributed by atoms with E-state index in [2.05, 4.69) is 20.6 Å². The van der Waals surface area contributed by atoms with Gasteiger partial charge in [0.1, 0.15) is 5.69 Å². The quantitative estimate of drug-likeness (QED) is 0.660. The van der Waals surface area contributed by atoms with Gasteiger partial charge in [0, 0.05) is 35.8 Å². The third kappa shape index (κ3) is 5.44. The van der Waals surface area contributed by atoms with E-state index >= 15 is 0 Å². The molecule has 3 amide bonds. The van der Waals surface area contributed by atoms with E-state index in [9.17, 15) is 14.4 Å². The van der Waals surface area contributed by atoms with Crippen LogP contribution in [0.2, 0.25) is 5.02 Å². The zero-order valence-corrected chi connectivity index (χ0v) is 18.0. The first-order valence-corrected chi connectivity index (χ1v) is 11.1. The number of aromatic amines is 1. The minimum atomic E-state index is -0.373. The zero-order chi connectivity index (χ0) is 21.8. The van der Waals surface area contributed by atoms with E-state index in [1.54, 1.807) is 17.0 Å². The smallest absolute Gasteiger partial charge is 0.272 e. The van der Waals surface area contributed by atoms with Crippen molar-refractivity contribution in [2.24, 2.45) is 0 Å². The summed E-state index contributed by atoms with van der Waals surface area (Å²) in [4.78, 5) is 46.6. The van der Waals surface area contributed by atoms with Crippen LogP contribution >= 0.6 is 11.6 Å². The van der Waals surface area contributed by atoms with E-state index < -0.39 is 0 Å². The molecular weight excluding hydrogens is 418 g/mol. The first-order chi connectivity index (χ1) is 15.0. The molecule has 1 saturated heterocycles. The van der Waals surface area contributed by atoms with Gasteiger partial charge in [0.2, 0.25) is 5.91 Å². The summed E-state index contributed by atoms with van der Waals surface area (Å²) < 4.78 is 0. The highest BCUT2D eigenvalue weighted by Crippen LogP contribution is 2.23. The summed E-state index contributed by atoms with van der Waals surface area (Å²) in [5.41, 5.74) is 1.06. The third-order valence-electron chi connectivity index (χ3n) is 5.64. The Balaban J connectivity index is 1.39. The number of hydrogen-bond acceptors (Lipinski definition) is 4. The van der Waals surface area contributed by atoms with Gasteiger partial charge >= 0.3 is 0 Å². The van der Waals surface area contributed by atoms with Crippen LogP contribution in [0.4, 0.5) is 5.69 Å². The summed E-state index contributed by atoms with van der Waals surface area (Å²) in [6.07, 6.45) is 6.57. The van der Waals surface area contributed by atoms with Gasteiger partial charge in [-0.05, 0) is 56.7 Å². The van der Waals surface area contributed by atoms with Crippen molar-refractivity contribution in [2.45, 2.75) is 57.0 Å². The number of halogens is 1. The lowest BCUT2D eigenvalue weighted by Crippen LogP contribution is -2.37. The summed E-state index contributed by atoms with van der Waals surface area (Å²) in [7, 11) is 0. The van der Waals surface area contributed by atoms with Crippen molar-refractivity contribution in [3.05, 3.63) is 47.0 Å². The minimum absolute atomic E-state index is 0.00876. The lowest BCUT2D eigenvalue weighted by atomic mass is 10.0. The maximum absolute atomic E-state index is 12.8. The number of imidazole rings is 1. The Morgan fingerprint density at radius 3 is 2.61 bits per heavy atom. The van der Waals surface area contributed by atoms with Gasteiger partial charge in [-0.25, -0.2) is 4.98 Å². The van der Waals surface area contributed by atoms with Crippen LogP contribution in [-0.4, -0.2) is 46.3 Å². The average Bonchev–Trinajstić information content (AvgIpc) is 3.39. The normalized spacial score (nSPS) is 19.8. The number of H-pyrrole nitrogens is 1. The van der Waals surface area contributed by atoms with Gasteiger partial charge in [-0.3, -0.25) is 14.4 Å². The summed E-state index contributed by atoms with van der Waals surface area (Å²) in [5, 5.41) is 6.43. The highest BCUT2D eigenvalue weighted by atomic mass is 35.5. The molecule has 0 bridgehead atoms. The molecule has 1 aromatic carbocycles. The fourth-order valence-corrected chi connectivity index (χ4v) is 3.99. The molecule has 1 saturated carbocycles. The fourth-order valence-electron chi connectivity index (χ4n) is 3.80. The molecule has 0 radical (unpaired) electrons. The third-order valence-corrected chi connectivity index (χ3v) is 5.88. The molecule has 0 unspecified atom stereocenters. The second-order valence-corrected chi connectivity index (χ2v) is 8.54. The van der Waals surface area contributed by atoms with Gasteiger partial charge in [0.15, 0.2) is 5.69 Å². The molecule has 1 aliphatic carbocycles. The van der Waals surface area contributed by atoms with Crippen molar-refractivity contribution in [1.82, 2.24) is 20.6 Å². The predicted octanol–water partition coefficient (Wildman–Crippen LogP) is 3.05.